The van der Waals surface area contributed by atoms with E-state index < -0.39 is 6.04 Å². The Kier molecular flexibility index (Phi) is 11.0. The van der Waals surface area contributed by atoms with Gasteiger partial charge in [-0.25, -0.2) is 0 Å². The Morgan fingerprint density at radius 1 is 0.923 bits per heavy atom. The maximum Gasteiger partial charge on any atom is 0.261 e. The Morgan fingerprint density at radius 2 is 1.67 bits per heavy atom. The highest BCUT2D eigenvalue weighted by atomic mass is 79.9. The van der Waals surface area contributed by atoms with Gasteiger partial charge in [-0.05, 0) is 76.1 Å². The topological polar surface area (TPSA) is 58.6 Å². The number of aryl methyl sites for hydroxylation is 1. The molecule has 0 bridgehead atoms. The van der Waals surface area contributed by atoms with Crippen molar-refractivity contribution in [2.75, 3.05) is 6.61 Å². The van der Waals surface area contributed by atoms with Crippen LogP contribution in [0.1, 0.15) is 55.7 Å². The van der Waals surface area contributed by atoms with E-state index in [-0.39, 0.29) is 24.5 Å². The number of hydrogen-bond donors (Lipinski definition) is 1. The Labute approximate surface area is 248 Å². The molecule has 0 radical (unpaired) electrons. The molecule has 1 aliphatic rings. The zero-order valence-corrected chi connectivity index (χ0v) is 25.5. The molecule has 5 nitrogen and oxygen atoms in total. The van der Waals surface area contributed by atoms with Crippen LogP contribution in [-0.2, 0) is 29.0 Å². The molecule has 4 rings (SSSR count). The lowest BCUT2D eigenvalue weighted by molar-refractivity contribution is -0.143. The minimum absolute atomic E-state index is 0.109. The normalized spacial score (nSPS) is 14.4. The third-order valence-electron chi connectivity index (χ3n) is 7.22. The fraction of sp³-hybridized carbons (Fsp3) is 0.375. The molecule has 0 spiro atoms. The Balaban J connectivity index is 1.61. The van der Waals surface area contributed by atoms with Crippen molar-refractivity contribution < 1.29 is 14.3 Å². The van der Waals surface area contributed by atoms with Gasteiger partial charge in [-0.3, -0.25) is 9.59 Å². The summed E-state index contributed by atoms with van der Waals surface area (Å²) in [5, 5.41) is 3.28. The van der Waals surface area contributed by atoms with Crippen molar-refractivity contribution in [2.24, 2.45) is 0 Å². The fourth-order valence-electron chi connectivity index (χ4n) is 5.03. The van der Waals surface area contributed by atoms with Crippen molar-refractivity contribution in [2.45, 2.75) is 70.5 Å². The van der Waals surface area contributed by atoms with Gasteiger partial charge in [-0.15, -0.1) is 0 Å². The average molecular weight is 656 g/mol. The van der Waals surface area contributed by atoms with Crippen molar-refractivity contribution in [1.29, 1.82) is 0 Å². The van der Waals surface area contributed by atoms with Crippen LogP contribution in [0.15, 0.2) is 81.7 Å². The van der Waals surface area contributed by atoms with E-state index >= 15 is 0 Å². The van der Waals surface area contributed by atoms with Gasteiger partial charge in [0.1, 0.15) is 11.8 Å². The minimum Gasteiger partial charge on any atom is -0.483 e. The number of amides is 2. The summed E-state index contributed by atoms with van der Waals surface area (Å²) in [6, 6.07) is 23.1. The molecule has 3 aromatic carbocycles. The molecule has 0 heterocycles. The van der Waals surface area contributed by atoms with E-state index in [1.165, 1.54) is 12.0 Å². The molecule has 1 atom stereocenters. The van der Waals surface area contributed by atoms with E-state index in [1.54, 1.807) is 4.90 Å². The second kappa shape index (κ2) is 14.7. The van der Waals surface area contributed by atoms with E-state index in [0.717, 1.165) is 52.2 Å². The van der Waals surface area contributed by atoms with Crippen molar-refractivity contribution >= 4 is 43.7 Å². The van der Waals surface area contributed by atoms with Gasteiger partial charge in [0.05, 0.1) is 4.47 Å². The first-order valence-electron chi connectivity index (χ1n) is 13.7. The van der Waals surface area contributed by atoms with Crippen LogP contribution in [0.25, 0.3) is 0 Å². The predicted octanol–water partition coefficient (Wildman–Crippen LogP) is 7.24. The molecule has 7 heteroatoms. The quantitative estimate of drug-likeness (QED) is 0.237. The number of halogens is 2. The van der Waals surface area contributed by atoms with Crippen LogP contribution in [0, 0.1) is 0 Å². The number of carbonyl (C=O) groups is 2. The van der Waals surface area contributed by atoms with Crippen LogP contribution >= 0.6 is 31.9 Å². The maximum atomic E-state index is 13.9. The van der Waals surface area contributed by atoms with Gasteiger partial charge in [0.2, 0.25) is 5.91 Å². The number of benzene rings is 3. The summed E-state index contributed by atoms with van der Waals surface area (Å²) >= 11 is 7.11. The second-order valence-electron chi connectivity index (χ2n) is 10.1. The van der Waals surface area contributed by atoms with E-state index in [0.29, 0.717) is 18.7 Å². The van der Waals surface area contributed by atoms with Crippen molar-refractivity contribution in [3.05, 3.63) is 98.4 Å². The number of rotatable bonds is 11. The zero-order valence-electron chi connectivity index (χ0n) is 22.4. The molecule has 1 fully saturated rings. The number of ether oxygens (including phenoxy) is 1. The second-order valence-corrected chi connectivity index (χ2v) is 11.9. The molecular weight excluding hydrogens is 620 g/mol. The van der Waals surface area contributed by atoms with Gasteiger partial charge in [-0.1, -0.05) is 90.6 Å². The van der Waals surface area contributed by atoms with Crippen LogP contribution in [0.4, 0.5) is 0 Å². The van der Waals surface area contributed by atoms with Gasteiger partial charge in [0, 0.05) is 23.5 Å². The Morgan fingerprint density at radius 3 is 2.36 bits per heavy atom. The van der Waals surface area contributed by atoms with Crippen LogP contribution in [0.3, 0.4) is 0 Å². The molecule has 206 valence electrons. The molecule has 3 aromatic rings. The van der Waals surface area contributed by atoms with Crippen LogP contribution in [-0.4, -0.2) is 35.4 Å². The highest BCUT2D eigenvalue weighted by molar-refractivity contribution is 9.10. The van der Waals surface area contributed by atoms with Gasteiger partial charge >= 0.3 is 0 Å². The summed E-state index contributed by atoms with van der Waals surface area (Å²) < 4.78 is 7.73. The van der Waals surface area contributed by atoms with E-state index in [4.69, 9.17) is 4.74 Å². The van der Waals surface area contributed by atoms with Crippen LogP contribution in [0.5, 0.6) is 5.75 Å². The van der Waals surface area contributed by atoms with Gasteiger partial charge in [0.15, 0.2) is 6.61 Å². The highest BCUT2D eigenvalue weighted by Crippen LogP contribution is 2.27. The van der Waals surface area contributed by atoms with Crippen molar-refractivity contribution in [3.63, 3.8) is 0 Å². The zero-order chi connectivity index (χ0) is 27.6. The monoisotopic (exact) mass is 654 g/mol. The van der Waals surface area contributed by atoms with Crippen LogP contribution < -0.4 is 10.1 Å². The lowest BCUT2D eigenvalue weighted by Crippen LogP contribution is -2.53. The van der Waals surface area contributed by atoms with E-state index in [2.05, 4.69) is 44.1 Å². The largest absolute Gasteiger partial charge is 0.483 e. The molecule has 0 unspecified atom stereocenters. The maximum absolute atomic E-state index is 13.9. The molecule has 39 heavy (non-hydrogen) atoms. The van der Waals surface area contributed by atoms with Crippen LogP contribution in [0.2, 0.25) is 0 Å². The molecule has 1 saturated carbocycles. The van der Waals surface area contributed by atoms with Gasteiger partial charge in [-0.2, -0.15) is 0 Å². The first kappa shape index (κ1) is 29.3. The van der Waals surface area contributed by atoms with Gasteiger partial charge < -0.3 is 15.0 Å². The summed E-state index contributed by atoms with van der Waals surface area (Å²) in [6.07, 6.45) is 6.74. The molecule has 2 amide bonds. The summed E-state index contributed by atoms with van der Waals surface area (Å²) in [5.74, 6) is 0.262. The molecule has 1 N–H and O–H groups in total. The average Bonchev–Trinajstić information content (AvgIpc) is 2.95. The smallest absolute Gasteiger partial charge is 0.261 e. The minimum atomic E-state index is -0.671. The van der Waals surface area contributed by atoms with E-state index in [9.17, 15) is 9.59 Å². The first-order valence-corrected chi connectivity index (χ1v) is 15.3. The SMILES string of the molecule is CCc1ccc(OCC(=O)N(Cc2cccc(Br)c2)[C@H](Cc2ccccc2)C(=O)NC2CCCCC2)c(Br)c1. The molecule has 1 aliphatic carbocycles. The summed E-state index contributed by atoms with van der Waals surface area (Å²) in [7, 11) is 0. The predicted molar refractivity (Wildman–Crippen MR) is 163 cm³/mol. The van der Waals surface area contributed by atoms with E-state index in [1.807, 2.05) is 72.8 Å². The summed E-state index contributed by atoms with van der Waals surface area (Å²) in [4.78, 5) is 29.4. The standard InChI is InChI=1S/C32H36Br2N2O3/c1-2-23-16-17-30(28(34)19-23)39-22-31(37)36(21-25-12-9-13-26(33)18-25)29(20-24-10-5-3-6-11-24)32(38)35-27-14-7-4-8-15-27/h3,5-6,9-13,16-19,27,29H,2,4,7-8,14-15,20-22H2,1H3,(H,35,38)/t29-/m1/s1. The van der Waals surface area contributed by atoms with Crippen molar-refractivity contribution in [3.8, 4) is 5.75 Å². The lowest BCUT2D eigenvalue weighted by Gasteiger charge is -2.33. The molecular formula is C32H36Br2N2O3. The summed E-state index contributed by atoms with van der Waals surface area (Å²) in [5.41, 5.74) is 3.13. The lowest BCUT2D eigenvalue weighted by atomic mass is 9.94. The Bertz CT molecular complexity index is 1250. The van der Waals surface area contributed by atoms with Gasteiger partial charge in [0.25, 0.3) is 5.91 Å². The number of nitrogens with zero attached hydrogens (tertiary/aromatic N) is 1. The third-order valence-corrected chi connectivity index (χ3v) is 8.33. The molecule has 0 saturated heterocycles. The number of nitrogens with one attached hydrogen (secondary N) is 1. The first-order chi connectivity index (χ1) is 18.9. The fourth-order valence-corrected chi connectivity index (χ4v) is 6.02. The Hall–Kier alpha value is -2.64. The number of carbonyl (C=O) groups excluding carboxylic acids is 2. The number of hydrogen-bond acceptors (Lipinski definition) is 3. The van der Waals surface area contributed by atoms with Crippen molar-refractivity contribution in [1.82, 2.24) is 10.2 Å². The molecule has 0 aliphatic heterocycles. The third kappa shape index (κ3) is 8.67. The summed E-state index contributed by atoms with van der Waals surface area (Å²) in [6.45, 7) is 2.23. The highest BCUT2D eigenvalue weighted by Gasteiger charge is 2.32. The molecule has 0 aromatic heterocycles.